The van der Waals surface area contributed by atoms with Crippen LogP contribution in [0.15, 0.2) is 24.3 Å². The van der Waals surface area contributed by atoms with E-state index in [0.717, 1.165) is 25.9 Å². The van der Waals surface area contributed by atoms with Gasteiger partial charge in [0, 0.05) is 19.1 Å². The Kier molecular flexibility index (Phi) is 8.82. The average molecular weight is 406 g/mol. The van der Waals surface area contributed by atoms with Gasteiger partial charge in [-0.15, -0.1) is 12.4 Å². The molecule has 1 aliphatic heterocycles. The summed E-state index contributed by atoms with van der Waals surface area (Å²) in [4.78, 5) is 12.6. The van der Waals surface area contributed by atoms with E-state index >= 15 is 0 Å². The Hall–Kier alpha value is -1.35. The van der Waals surface area contributed by atoms with Crippen molar-refractivity contribution in [3.63, 3.8) is 0 Å². The number of nitrogens with one attached hydrogen (secondary N) is 3. The van der Waals surface area contributed by atoms with Gasteiger partial charge in [0.05, 0.1) is 23.6 Å². The molecule has 0 aromatic heterocycles. The fourth-order valence-corrected chi connectivity index (χ4v) is 3.67. The molecule has 1 aliphatic rings. The number of sulfonamides is 1. The molecule has 0 atom stereocenters. The molecule has 2 rings (SSSR count). The van der Waals surface area contributed by atoms with Crippen LogP contribution in [0, 0.1) is 5.41 Å². The minimum absolute atomic E-state index is 0. The van der Waals surface area contributed by atoms with Gasteiger partial charge < -0.3 is 15.4 Å². The maximum atomic E-state index is 12.6. The van der Waals surface area contributed by atoms with Crippen LogP contribution >= 0.6 is 12.4 Å². The van der Waals surface area contributed by atoms with E-state index in [1.54, 1.807) is 38.3 Å². The molecular weight excluding hydrogens is 378 g/mol. The first-order chi connectivity index (χ1) is 11.9. The second-order valence-corrected chi connectivity index (χ2v) is 8.43. The lowest BCUT2D eigenvalue weighted by molar-refractivity contribution is 0.0512. The Morgan fingerprint density at radius 2 is 1.92 bits per heavy atom. The summed E-state index contributed by atoms with van der Waals surface area (Å²) in [5.41, 5.74) is 0.530. The number of rotatable bonds is 8. The number of ether oxygens (including phenoxy) is 1. The zero-order valence-corrected chi connectivity index (χ0v) is 16.8. The van der Waals surface area contributed by atoms with Crippen LogP contribution in [0.25, 0.3) is 0 Å². The predicted octanol–water partition coefficient (Wildman–Crippen LogP) is 1.62. The third kappa shape index (κ3) is 6.12. The molecular formula is C17H28ClN3O4S. The van der Waals surface area contributed by atoms with E-state index in [1.165, 1.54) is 0 Å². The summed E-state index contributed by atoms with van der Waals surface area (Å²) in [5.74, 6) is -0.337. The minimum Gasteiger partial charge on any atom is -0.384 e. The molecule has 1 amide bonds. The Morgan fingerprint density at radius 3 is 2.54 bits per heavy atom. The molecule has 0 spiro atoms. The van der Waals surface area contributed by atoms with Crippen LogP contribution in [0.1, 0.15) is 30.1 Å². The van der Waals surface area contributed by atoms with Crippen molar-refractivity contribution in [1.82, 2.24) is 10.6 Å². The van der Waals surface area contributed by atoms with Gasteiger partial charge in [0.25, 0.3) is 5.91 Å². The van der Waals surface area contributed by atoms with E-state index in [-0.39, 0.29) is 29.5 Å². The van der Waals surface area contributed by atoms with Gasteiger partial charge in [-0.05, 0) is 45.0 Å². The molecule has 0 radical (unpaired) electrons. The fraction of sp³-hybridized carbons (Fsp3) is 0.588. The number of hydrogen-bond acceptors (Lipinski definition) is 5. The molecule has 0 bridgehead atoms. The number of anilines is 1. The highest BCUT2D eigenvalue weighted by Gasteiger charge is 2.32. The number of carbonyl (C=O) groups is 1. The average Bonchev–Trinajstić information content (AvgIpc) is 2.61. The number of piperidine rings is 1. The van der Waals surface area contributed by atoms with Gasteiger partial charge in [0.2, 0.25) is 10.0 Å². The van der Waals surface area contributed by atoms with E-state index in [0.29, 0.717) is 24.4 Å². The number of methoxy groups -OCH3 is 1. The summed E-state index contributed by atoms with van der Waals surface area (Å²) in [6.45, 7) is 4.42. The monoisotopic (exact) mass is 405 g/mol. The van der Waals surface area contributed by atoms with Gasteiger partial charge in [0.15, 0.2) is 0 Å². The maximum Gasteiger partial charge on any atom is 0.253 e. The topological polar surface area (TPSA) is 96.5 Å². The van der Waals surface area contributed by atoms with Gasteiger partial charge in [-0.25, -0.2) is 8.42 Å². The summed E-state index contributed by atoms with van der Waals surface area (Å²) >= 11 is 0. The number of hydrogen-bond donors (Lipinski definition) is 3. The highest BCUT2D eigenvalue weighted by atomic mass is 35.5. The zero-order chi connectivity index (χ0) is 18.3. The summed E-state index contributed by atoms with van der Waals surface area (Å²) in [7, 11) is -1.78. The van der Waals surface area contributed by atoms with E-state index < -0.39 is 10.0 Å². The highest BCUT2D eigenvalue weighted by molar-refractivity contribution is 7.92. The smallest absolute Gasteiger partial charge is 0.253 e. The highest BCUT2D eigenvalue weighted by Crippen LogP contribution is 2.28. The van der Waals surface area contributed by atoms with Crippen LogP contribution in [0.5, 0.6) is 0 Å². The Bertz CT molecular complexity index is 685. The summed E-state index contributed by atoms with van der Waals surface area (Å²) < 4.78 is 31.5. The van der Waals surface area contributed by atoms with Gasteiger partial charge in [-0.1, -0.05) is 12.1 Å². The molecule has 26 heavy (non-hydrogen) atoms. The quantitative estimate of drug-likeness (QED) is 0.610. The Morgan fingerprint density at radius 1 is 1.27 bits per heavy atom. The number of benzene rings is 1. The van der Waals surface area contributed by atoms with Gasteiger partial charge in [-0.2, -0.15) is 0 Å². The van der Waals surface area contributed by atoms with Gasteiger partial charge in [0.1, 0.15) is 0 Å². The van der Waals surface area contributed by atoms with E-state index in [2.05, 4.69) is 15.4 Å². The summed E-state index contributed by atoms with van der Waals surface area (Å²) in [6.07, 6.45) is 1.84. The number of amides is 1. The van der Waals surface area contributed by atoms with Crippen LogP contribution in [0.3, 0.4) is 0 Å². The standard InChI is InChI=1S/C17H27N3O4S.ClH/c1-3-25(22,23)20-15-7-5-4-6-14(15)16(21)19-12-17(13-24-2)8-10-18-11-9-17;/h4-7,18,20H,3,8-13H2,1-2H3,(H,19,21);1H. The molecule has 3 N–H and O–H groups in total. The summed E-state index contributed by atoms with van der Waals surface area (Å²) in [5, 5.41) is 6.27. The second-order valence-electron chi connectivity index (χ2n) is 6.42. The minimum atomic E-state index is -3.44. The van der Waals surface area contributed by atoms with Crippen molar-refractivity contribution in [1.29, 1.82) is 0 Å². The molecule has 148 valence electrons. The summed E-state index contributed by atoms with van der Waals surface area (Å²) in [6, 6.07) is 6.63. The van der Waals surface area contributed by atoms with Gasteiger partial charge >= 0.3 is 0 Å². The second kappa shape index (κ2) is 10.1. The maximum absolute atomic E-state index is 12.6. The molecule has 0 unspecified atom stereocenters. The van der Waals surface area contributed by atoms with Crippen molar-refractivity contribution in [2.45, 2.75) is 19.8 Å². The molecule has 0 saturated carbocycles. The van der Waals surface area contributed by atoms with Crippen LogP contribution in [-0.2, 0) is 14.8 Å². The molecule has 1 heterocycles. The van der Waals surface area contributed by atoms with Crippen molar-refractivity contribution in [2.24, 2.45) is 5.41 Å². The SMILES string of the molecule is CCS(=O)(=O)Nc1ccccc1C(=O)NCC1(COC)CCNCC1.Cl. The lowest BCUT2D eigenvalue weighted by Gasteiger charge is -2.37. The van der Waals surface area contributed by atoms with Crippen molar-refractivity contribution in [3.05, 3.63) is 29.8 Å². The first-order valence-electron chi connectivity index (χ1n) is 8.49. The van der Waals surface area contributed by atoms with E-state index in [1.807, 2.05) is 0 Å². The third-order valence-electron chi connectivity index (χ3n) is 4.56. The normalized spacial score (nSPS) is 16.4. The van der Waals surface area contributed by atoms with Crippen molar-refractivity contribution in [3.8, 4) is 0 Å². The Balaban J connectivity index is 0.00000338. The molecule has 1 fully saturated rings. The predicted molar refractivity (Wildman–Crippen MR) is 106 cm³/mol. The first kappa shape index (κ1) is 22.7. The van der Waals surface area contributed by atoms with Crippen LogP contribution < -0.4 is 15.4 Å². The number of carbonyl (C=O) groups excluding carboxylic acids is 1. The lowest BCUT2D eigenvalue weighted by Crippen LogP contribution is -2.47. The molecule has 0 aliphatic carbocycles. The van der Waals surface area contributed by atoms with Crippen molar-refractivity contribution < 1.29 is 17.9 Å². The molecule has 9 heteroatoms. The van der Waals surface area contributed by atoms with Crippen molar-refractivity contribution >= 4 is 34.0 Å². The Labute approximate surface area is 161 Å². The first-order valence-corrected chi connectivity index (χ1v) is 10.1. The van der Waals surface area contributed by atoms with E-state index in [4.69, 9.17) is 4.74 Å². The van der Waals surface area contributed by atoms with Crippen LogP contribution in [-0.4, -0.2) is 53.4 Å². The molecule has 1 aromatic rings. The largest absolute Gasteiger partial charge is 0.384 e. The zero-order valence-electron chi connectivity index (χ0n) is 15.2. The third-order valence-corrected chi connectivity index (χ3v) is 5.85. The molecule has 1 aromatic carbocycles. The van der Waals surface area contributed by atoms with E-state index in [9.17, 15) is 13.2 Å². The number of para-hydroxylation sites is 1. The fourth-order valence-electron chi connectivity index (χ4n) is 3.01. The molecule has 1 saturated heterocycles. The number of halogens is 1. The van der Waals surface area contributed by atoms with Gasteiger partial charge in [-0.3, -0.25) is 9.52 Å². The van der Waals surface area contributed by atoms with Crippen molar-refractivity contribution in [2.75, 3.05) is 43.8 Å². The van der Waals surface area contributed by atoms with Crippen LogP contribution in [0.2, 0.25) is 0 Å². The molecule has 7 nitrogen and oxygen atoms in total. The van der Waals surface area contributed by atoms with Crippen LogP contribution in [0.4, 0.5) is 5.69 Å². The lowest BCUT2D eigenvalue weighted by atomic mass is 9.79.